The van der Waals surface area contributed by atoms with Crippen LogP contribution in [-0.4, -0.2) is 57.2 Å². The minimum Gasteiger partial charge on any atom is -2.00 e. The van der Waals surface area contributed by atoms with Crippen molar-refractivity contribution in [3.63, 3.8) is 0 Å². The molecule has 0 heterocycles. The van der Waals surface area contributed by atoms with Crippen LogP contribution >= 0.6 is 7.92 Å². The van der Waals surface area contributed by atoms with Crippen molar-refractivity contribution >= 4 is 75.7 Å². The van der Waals surface area contributed by atoms with Crippen LogP contribution in [0.3, 0.4) is 0 Å². The number of aryl methyl sites for hydroxylation is 3. The Balaban J connectivity index is -0.00000168. The first-order valence-electron chi connectivity index (χ1n) is 9.78. The first-order chi connectivity index (χ1) is 13.2. The van der Waals surface area contributed by atoms with Crippen molar-refractivity contribution in [2.45, 2.75) is 40.0 Å². The maximum absolute atomic E-state index is 13.9. The fourth-order valence-corrected chi connectivity index (χ4v) is 5.74. The minimum atomic E-state index is -1.09. The SMILES string of the molecule is CCc1cc(CC)c(C(=O)P(c2ccccc2)c2ccccc2)c(CC)c1.[In+3].[In+3].[O-2].[O-2].[O-2]. The molecule has 0 N–H and O–H groups in total. The maximum Gasteiger partial charge on any atom is 3.00 e. The van der Waals surface area contributed by atoms with Crippen LogP contribution in [-0.2, 0) is 35.7 Å². The molecule has 3 aromatic rings. The Morgan fingerprint density at radius 3 is 1.34 bits per heavy atom. The van der Waals surface area contributed by atoms with E-state index in [1.54, 1.807) is 0 Å². The summed E-state index contributed by atoms with van der Waals surface area (Å²) in [5.74, 6) is 0. The van der Waals surface area contributed by atoms with E-state index in [0.29, 0.717) is 0 Å². The summed E-state index contributed by atoms with van der Waals surface area (Å²) in [4.78, 5) is 13.9. The molecule has 3 rings (SSSR count). The smallest absolute Gasteiger partial charge is 2.00 e. The Morgan fingerprint density at radius 2 is 1.03 bits per heavy atom. The normalized spacial score (nSPS) is 9.25. The molecule has 0 aliphatic carbocycles. The van der Waals surface area contributed by atoms with Gasteiger partial charge in [-0.15, -0.1) is 0 Å². The van der Waals surface area contributed by atoms with E-state index in [1.165, 1.54) is 16.7 Å². The van der Waals surface area contributed by atoms with Crippen molar-refractivity contribution < 1.29 is 21.2 Å². The molecule has 7 heteroatoms. The number of hydrogen-bond acceptors (Lipinski definition) is 1. The summed E-state index contributed by atoms with van der Waals surface area (Å²) in [6.07, 6.45) is 2.77. The van der Waals surface area contributed by atoms with Crippen molar-refractivity contribution in [1.29, 1.82) is 0 Å². The Kier molecular flexibility index (Phi) is 20.0. The minimum absolute atomic E-state index is 0. The third-order valence-corrected chi connectivity index (χ3v) is 7.24. The summed E-state index contributed by atoms with van der Waals surface area (Å²) in [6, 6.07) is 25.0. The van der Waals surface area contributed by atoms with E-state index in [9.17, 15) is 4.79 Å². The molecule has 0 aliphatic heterocycles. The van der Waals surface area contributed by atoms with Crippen molar-refractivity contribution in [3.8, 4) is 0 Å². The first kappa shape index (κ1) is 36.0. The average molecular weight is 652 g/mol. The zero-order valence-corrected chi connectivity index (χ0v) is 26.3. The molecule has 0 radical (unpaired) electrons. The third-order valence-electron chi connectivity index (χ3n) is 4.98. The van der Waals surface area contributed by atoms with Gasteiger partial charge in [0.05, 0.1) is 0 Å². The average Bonchev–Trinajstić information content (AvgIpc) is 2.74. The summed E-state index contributed by atoms with van der Waals surface area (Å²) >= 11 is 0. The summed E-state index contributed by atoms with van der Waals surface area (Å²) < 4.78 is 0. The van der Waals surface area contributed by atoms with Gasteiger partial charge < -0.3 is 16.4 Å². The molecule has 0 fully saturated rings. The molecule has 0 bridgehead atoms. The number of carbonyl (C=O) groups excluding carboxylic acids is 1. The molecule has 0 amide bonds. The van der Waals surface area contributed by atoms with E-state index in [4.69, 9.17) is 0 Å². The van der Waals surface area contributed by atoms with Crippen LogP contribution in [0, 0.1) is 0 Å². The Labute approximate surface area is 230 Å². The molecule has 3 aromatic carbocycles. The van der Waals surface area contributed by atoms with Crippen LogP contribution in [0.1, 0.15) is 47.8 Å². The van der Waals surface area contributed by atoms with Gasteiger partial charge in [-0.25, -0.2) is 0 Å². The van der Waals surface area contributed by atoms with E-state index in [2.05, 4.69) is 57.2 Å². The molecule has 0 aliphatic rings. The largest absolute Gasteiger partial charge is 3.00 e. The van der Waals surface area contributed by atoms with Gasteiger partial charge in [0.1, 0.15) is 0 Å². The Bertz CT molecular complexity index is 857. The van der Waals surface area contributed by atoms with Crippen LogP contribution in [0.5, 0.6) is 0 Å². The summed E-state index contributed by atoms with van der Waals surface area (Å²) in [5, 5.41) is 2.24. The van der Waals surface area contributed by atoms with Crippen LogP contribution in [0.4, 0.5) is 0 Å². The quantitative estimate of drug-likeness (QED) is 0.345. The molecular formula is C25H27In2O4P. The van der Waals surface area contributed by atoms with Crippen molar-refractivity contribution in [2.24, 2.45) is 0 Å². The van der Waals surface area contributed by atoms with Crippen LogP contribution in [0.25, 0.3) is 0 Å². The summed E-state index contributed by atoms with van der Waals surface area (Å²) in [6.45, 7) is 6.48. The van der Waals surface area contributed by atoms with E-state index in [-0.39, 0.29) is 73.6 Å². The Hall–Kier alpha value is -0.620. The van der Waals surface area contributed by atoms with Crippen LogP contribution in [0.15, 0.2) is 72.8 Å². The van der Waals surface area contributed by atoms with Crippen molar-refractivity contribution in [3.05, 3.63) is 95.1 Å². The van der Waals surface area contributed by atoms with Gasteiger partial charge in [-0.05, 0) is 46.6 Å². The van der Waals surface area contributed by atoms with Gasteiger partial charge in [0.2, 0.25) is 0 Å². The molecule has 0 saturated heterocycles. The molecule has 0 saturated carbocycles. The molecule has 0 atom stereocenters. The van der Waals surface area contributed by atoms with Gasteiger partial charge in [-0.3, -0.25) is 4.79 Å². The molecule has 4 nitrogen and oxygen atoms in total. The molecule has 162 valence electrons. The molecular weight excluding hydrogens is 625 g/mol. The summed E-state index contributed by atoms with van der Waals surface area (Å²) in [7, 11) is -1.09. The second-order valence-corrected chi connectivity index (χ2v) is 8.77. The van der Waals surface area contributed by atoms with Gasteiger partial charge in [0, 0.05) is 13.5 Å². The number of benzene rings is 3. The third kappa shape index (κ3) is 8.30. The number of hydrogen-bond donors (Lipinski definition) is 0. The Morgan fingerprint density at radius 1 is 0.656 bits per heavy atom. The first-order valence-corrected chi connectivity index (χ1v) is 11.1. The second kappa shape index (κ2) is 17.8. The van der Waals surface area contributed by atoms with Crippen LogP contribution in [0.2, 0.25) is 0 Å². The number of carbonyl (C=O) groups is 1. The van der Waals surface area contributed by atoms with Crippen LogP contribution < -0.4 is 10.6 Å². The van der Waals surface area contributed by atoms with Gasteiger partial charge in [0.15, 0.2) is 5.52 Å². The van der Waals surface area contributed by atoms with Gasteiger partial charge in [-0.2, -0.15) is 0 Å². The fraction of sp³-hybridized carbons (Fsp3) is 0.240. The molecule has 0 unspecified atom stereocenters. The van der Waals surface area contributed by atoms with Crippen molar-refractivity contribution in [1.82, 2.24) is 0 Å². The molecule has 0 aromatic heterocycles. The number of rotatable bonds is 7. The summed E-state index contributed by atoms with van der Waals surface area (Å²) in [5.41, 5.74) is 4.94. The van der Waals surface area contributed by atoms with Crippen molar-refractivity contribution in [2.75, 3.05) is 0 Å². The zero-order chi connectivity index (χ0) is 19.2. The topological polar surface area (TPSA) is 103 Å². The van der Waals surface area contributed by atoms with Gasteiger partial charge in [0.25, 0.3) is 0 Å². The zero-order valence-electron chi connectivity index (χ0n) is 18.8. The molecule has 32 heavy (non-hydrogen) atoms. The standard InChI is InChI=1S/C25H27OP.2In.3O/c1-4-19-17-20(5-2)24(21(6-3)18-19)25(26)27(22-13-9-7-10-14-22)23-15-11-8-12-16-23;;;;;/h7-18H,4-6H2,1-3H3;;;;;/q;2*+3;3*-2. The van der Waals surface area contributed by atoms with E-state index in [0.717, 1.165) is 35.4 Å². The predicted molar refractivity (Wildman–Crippen MR) is 132 cm³/mol. The fourth-order valence-electron chi connectivity index (χ4n) is 3.53. The van der Waals surface area contributed by atoms with E-state index >= 15 is 0 Å². The second-order valence-electron chi connectivity index (χ2n) is 6.66. The predicted octanol–water partition coefficient (Wildman–Crippen LogP) is 4.53. The van der Waals surface area contributed by atoms with E-state index < -0.39 is 7.92 Å². The molecule has 0 spiro atoms. The van der Waals surface area contributed by atoms with Gasteiger partial charge in [-0.1, -0.05) is 93.6 Å². The monoisotopic (exact) mass is 652 g/mol. The van der Waals surface area contributed by atoms with Gasteiger partial charge >= 0.3 is 51.7 Å². The van der Waals surface area contributed by atoms with E-state index in [1.807, 2.05) is 36.4 Å². The maximum atomic E-state index is 13.9.